The van der Waals surface area contributed by atoms with E-state index in [1.165, 1.54) is 0 Å². The fourth-order valence-electron chi connectivity index (χ4n) is 3.64. The van der Waals surface area contributed by atoms with Gasteiger partial charge in [-0.15, -0.1) is 0 Å². The third-order valence-electron chi connectivity index (χ3n) is 5.45. The largest absolute Gasteiger partial charge is 0.383 e. The van der Waals surface area contributed by atoms with E-state index in [4.69, 9.17) is 21.3 Å². The summed E-state index contributed by atoms with van der Waals surface area (Å²) in [6.07, 6.45) is 9.46. The first kappa shape index (κ1) is 23.2. The molecular weight excluding hydrogens is 412 g/mol. The van der Waals surface area contributed by atoms with Gasteiger partial charge in [0.2, 0.25) is 5.95 Å². The Morgan fingerprint density at radius 1 is 1.39 bits per heavy atom. The number of aromatic amines is 1. The first-order valence-electron chi connectivity index (χ1n) is 10.6. The Morgan fingerprint density at radius 2 is 2.16 bits per heavy atom. The SMILES string of the molecule is C=C(/C=C\C(Cl)=C/C)c1n[nH]c(C2CCN(C)CC2)c1-c1ccnc(NCCOC)n1. The highest BCUT2D eigenvalue weighted by Gasteiger charge is 2.27. The molecule has 2 N–H and O–H groups in total. The van der Waals surface area contributed by atoms with Gasteiger partial charge in [-0.3, -0.25) is 5.10 Å². The number of halogens is 1. The quantitative estimate of drug-likeness (QED) is 0.441. The van der Waals surface area contributed by atoms with Crippen molar-refractivity contribution in [2.75, 3.05) is 45.7 Å². The summed E-state index contributed by atoms with van der Waals surface area (Å²) in [5.74, 6) is 0.956. The third-order valence-corrected chi connectivity index (χ3v) is 5.79. The maximum absolute atomic E-state index is 6.14. The lowest BCUT2D eigenvalue weighted by molar-refractivity contribution is 0.210. The molecule has 0 radical (unpaired) electrons. The molecule has 2 aromatic rings. The summed E-state index contributed by atoms with van der Waals surface area (Å²) in [6.45, 7) is 9.46. The summed E-state index contributed by atoms with van der Waals surface area (Å²) in [6, 6.07) is 1.92. The van der Waals surface area contributed by atoms with Crippen molar-refractivity contribution in [2.24, 2.45) is 0 Å². The number of anilines is 1. The van der Waals surface area contributed by atoms with Gasteiger partial charge in [-0.2, -0.15) is 5.10 Å². The fraction of sp³-hybridized carbons (Fsp3) is 0.435. The second-order valence-electron chi connectivity index (χ2n) is 7.66. The standard InChI is InChI=1S/C23H31ClN6O/c1-5-18(24)7-6-16(2)21-20(19-8-11-25-23(27-19)26-12-15-31-4)22(29-28-21)17-9-13-30(3)14-10-17/h5-8,11,17H,2,9-10,12-15H2,1,3-4H3,(H,28,29)(H,25,26,27)/b7-6-,18-5+. The van der Waals surface area contributed by atoms with Gasteiger partial charge in [0.15, 0.2) is 0 Å². The lowest BCUT2D eigenvalue weighted by Crippen LogP contribution is -2.29. The number of hydrogen-bond donors (Lipinski definition) is 2. The van der Waals surface area contributed by atoms with Crippen LogP contribution in [0.3, 0.4) is 0 Å². The molecule has 0 aromatic carbocycles. The van der Waals surface area contributed by atoms with E-state index < -0.39 is 0 Å². The Balaban J connectivity index is 1.99. The molecule has 166 valence electrons. The maximum Gasteiger partial charge on any atom is 0.223 e. The number of likely N-dealkylation sites (tertiary alicyclic amines) is 1. The molecule has 0 aliphatic carbocycles. The molecule has 31 heavy (non-hydrogen) atoms. The van der Waals surface area contributed by atoms with Crippen LogP contribution in [0.25, 0.3) is 16.8 Å². The molecule has 1 fully saturated rings. The molecule has 8 heteroatoms. The van der Waals surface area contributed by atoms with Gasteiger partial charge in [0.05, 0.1) is 12.3 Å². The van der Waals surface area contributed by atoms with E-state index in [0.717, 1.165) is 54.1 Å². The number of aromatic nitrogens is 4. The number of methoxy groups -OCH3 is 1. The van der Waals surface area contributed by atoms with E-state index in [1.807, 2.05) is 31.2 Å². The monoisotopic (exact) mass is 442 g/mol. The van der Waals surface area contributed by atoms with Gasteiger partial charge in [0.1, 0.15) is 5.69 Å². The van der Waals surface area contributed by atoms with Crippen LogP contribution in [0, 0.1) is 0 Å². The van der Waals surface area contributed by atoms with E-state index in [1.54, 1.807) is 13.3 Å². The van der Waals surface area contributed by atoms with E-state index in [2.05, 4.69) is 39.0 Å². The highest BCUT2D eigenvalue weighted by molar-refractivity contribution is 6.31. The molecule has 1 aliphatic heterocycles. The summed E-state index contributed by atoms with van der Waals surface area (Å²) < 4.78 is 5.11. The maximum atomic E-state index is 6.14. The first-order valence-corrected chi connectivity index (χ1v) is 10.9. The van der Waals surface area contributed by atoms with E-state index in [9.17, 15) is 0 Å². The van der Waals surface area contributed by atoms with Crippen molar-refractivity contribution in [2.45, 2.75) is 25.7 Å². The number of hydrogen-bond acceptors (Lipinski definition) is 6. The lowest BCUT2D eigenvalue weighted by Gasteiger charge is -2.28. The predicted octanol–water partition coefficient (Wildman–Crippen LogP) is 4.45. The van der Waals surface area contributed by atoms with Crippen LogP contribution >= 0.6 is 11.6 Å². The molecule has 3 heterocycles. The van der Waals surface area contributed by atoms with E-state index in [-0.39, 0.29) is 0 Å². The Hall–Kier alpha value is -2.48. The number of nitrogens with one attached hydrogen (secondary N) is 2. The van der Waals surface area contributed by atoms with Gasteiger partial charge < -0.3 is 15.0 Å². The average molecular weight is 443 g/mol. The highest BCUT2D eigenvalue weighted by atomic mass is 35.5. The molecule has 3 rings (SSSR count). The number of ether oxygens (including phenoxy) is 1. The number of piperidine rings is 1. The molecule has 0 bridgehead atoms. The van der Waals surface area contributed by atoms with Gasteiger partial charge in [-0.1, -0.05) is 30.3 Å². The topological polar surface area (TPSA) is 79.0 Å². The number of nitrogens with zero attached hydrogens (tertiary/aromatic N) is 4. The zero-order valence-electron chi connectivity index (χ0n) is 18.5. The summed E-state index contributed by atoms with van der Waals surface area (Å²) in [4.78, 5) is 11.5. The average Bonchev–Trinajstić information content (AvgIpc) is 3.23. The Bertz CT molecular complexity index is 943. The molecular formula is C23H31ClN6O. The van der Waals surface area contributed by atoms with Crippen LogP contribution in [-0.4, -0.2) is 65.5 Å². The van der Waals surface area contributed by atoms with Crippen LogP contribution in [0.4, 0.5) is 5.95 Å². The van der Waals surface area contributed by atoms with Crippen LogP contribution in [0.5, 0.6) is 0 Å². The van der Waals surface area contributed by atoms with Crippen molar-refractivity contribution in [3.8, 4) is 11.3 Å². The lowest BCUT2D eigenvalue weighted by atomic mass is 9.89. The smallest absolute Gasteiger partial charge is 0.223 e. The van der Waals surface area contributed by atoms with Gasteiger partial charge in [0, 0.05) is 42.1 Å². The molecule has 0 atom stereocenters. The molecule has 2 aromatic heterocycles. The van der Waals surface area contributed by atoms with Gasteiger partial charge in [-0.25, -0.2) is 9.97 Å². The van der Waals surface area contributed by atoms with Crippen molar-refractivity contribution >= 4 is 23.1 Å². The zero-order chi connectivity index (χ0) is 22.2. The fourth-order valence-corrected chi connectivity index (χ4v) is 3.71. The Labute approximate surface area is 189 Å². The minimum atomic E-state index is 0.392. The second-order valence-corrected chi connectivity index (χ2v) is 8.09. The molecule has 1 aliphatic rings. The predicted molar refractivity (Wildman–Crippen MR) is 127 cm³/mol. The second kappa shape index (κ2) is 11.2. The van der Waals surface area contributed by atoms with Crippen LogP contribution in [-0.2, 0) is 4.74 Å². The van der Waals surface area contributed by atoms with Crippen molar-refractivity contribution in [1.82, 2.24) is 25.1 Å². The van der Waals surface area contributed by atoms with Crippen molar-refractivity contribution in [3.05, 3.63) is 53.5 Å². The number of rotatable bonds is 9. The van der Waals surface area contributed by atoms with Crippen molar-refractivity contribution < 1.29 is 4.74 Å². The minimum absolute atomic E-state index is 0.392. The van der Waals surface area contributed by atoms with Crippen LogP contribution in [0.1, 0.15) is 37.1 Å². The highest BCUT2D eigenvalue weighted by Crippen LogP contribution is 2.37. The van der Waals surface area contributed by atoms with Gasteiger partial charge in [-0.05, 0) is 57.6 Å². The first-order chi connectivity index (χ1) is 15.0. The zero-order valence-corrected chi connectivity index (χ0v) is 19.2. The Kier molecular flexibility index (Phi) is 8.40. The van der Waals surface area contributed by atoms with Gasteiger partial charge >= 0.3 is 0 Å². The molecule has 1 saturated heterocycles. The van der Waals surface area contributed by atoms with Crippen LogP contribution in [0.15, 0.2) is 42.1 Å². The molecule has 0 saturated carbocycles. The Morgan fingerprint density at radius 3 is 2.87 bits per heavy atom. The van der Waals surface area contributed by atoms with Crippen LogP contribution < -0.4 is 5.32 Å². The summed E-state index contributed by atoms with van der Waals surface area (Å²) in [5, 5.41) is 11.8. The number of allylic oxidation sites excluding steroid dienone is 5. The normalized spacial score (nSPS) is 16.2. The summed E-state index contributed by atoms with van der Waals surface area (Å²) in [5.41, 5.74) is 4.47. The van der Waals surface area contributed by atoms with Crippen molar-refractivity contribution in [3.63, 3.8) is 0 Å². The molecule has 0 spiro atoms. The van der Waals surface area contributed by atoms with Crippen LogP contribution in [0.2, 0.25) is 0 Å². The minimum Gasteiger partial charge on any atom is -0.383 e. The molecule has 7 nitrogen and oxygen atoms in total. The third kappa shape index (κ3) is 6.03. The van der Waals surface area contributed by atoms with E-state index >= 15 is 0 Å². The van der Waals surface area contributed by atoms with Gasteiger partial charge in [0.25, 0.3) is 0 Å². The molecule has 0 unspecified atom stereocenters. The van der Waals surface area contributed by atoms with E-state index in [0.29, 0.717) is 30.1 Å². The summed E-state index contributed by atoms with van der Waals surface area (Å²) in [7, 11) is 3.83. The van der Waals surface area contributed by atoms with Crippen molar-refractivity contribution in [1.29, 1.82) is 0 Å². The summed E-state index contributed by atoms with van der Waals surface area (Å²) >= 11 is 6.14. The number of H-pyrrole nitrogens is 1. The molecule has 0 amide bonds.